The van der Waals surface area contributed by atoms with Crippen LogP contribution >= 0.6 is 0 Å². The minimum Gasteiger partial charge on any atom is -0.462 e. The molecule has 0 aromatic heterocycles. The van der Waals surface area contributed by atoms with Crippen LogP contribution in [0, 0.1) is 23.7 Å². The minimum absolute atomic E-state index is 0.205. The average molecular weight is 324 g/mol. The molecule has 2 aliphatic carbocycles. The van der Waals surface area contributed by atoms with E-state index in [1.54, 1.807) is 32.9 Å². The summed E-state index contributed by atoms with van der Waals surface area (Å²) in [6, 6.07) is 0. The lowest BCUT2D eigenvalue weighted by Gasteiger charge is -2.38. The maximum Gasteiger partial charge on any atom is 0.309 e. The van der Waals surface area contributed by atoms with Crippen LogP contribution in [0.4, 0.5) is 0 Å². The first-order valence-electron chi connectivity index (χ1n) is 8.06. The fourth-order valence-electron chi connectivity index (χ4n) is 4.64. The Hall–Kier alpha value is -1.40. The highest BCUT2D eigenvalue weighted by molar-refractivity contribution is 5.75. The van der Waals surface area contributed by atoms with E-state index in [1.807, 2.05) is 0 Å². The van der Waals surface area contributed by atoms with Gasteiger partial charge in [-0.1, -0.05) is 19.1 Å². The van der Waals surface area contributed by atoms with Crippen molar-refractivity contribution in [2.45, 2.75) is 57.5 Å². The van der Waals surface area contributed by atoms with E-state index in [9.17, 15) is 19.8 Å². The molecule has 1 aliphatic heterocycles. The lowest BCUT2D eigenvalue weighted by Crippen LogP contribution is -2.47. The third-order valence-electron chi connectivity index (χ3n) is 5.72. The van der Waals surface area contributed by atoms with Crippen molar-refractivity contribution >= 4 is 11.9 Å². The van der Waals surface area contributed by atoms with E-state index >= 15 is 0 Å². The monoisotopic (exact) mass is 324 g/mol. The van der Waals surface area contributed by atoms with Crippen molar-refractivity contribution < 1.29 is 29.3 Å². The molecule has 6 nitrogen and oxygen atoms in total. The first kappa shape index (κ1) is 16.5. The number of aliphatic hydroxyl groups is 2. The molecule has 23 heavy (non-hydrogen) atoms. The molecule has 3 aliphatic rings. The van der Waals surface area contributed by atoms with Crippen molar-refractivity contribution in [1.82, 2.24) is 0 Å². The lowest BCUT2D eigenvalue weighted by atomic mass is 9.73. The second kappa shape index (κ2) is 5.05. The van der Waals surface area contributed by atoms with Crippen molar-refractivity contribution in [3.63, 3.8) is 0 Å². The number of hydrogen-bond acceptors (Lipinski definition) is 6. The molecule has 0 bridgehead atoms. The summed E-state index contributed by atoms with van der Waals surface area (Å²) in [6.45, 7) is 6.40. The van der Waals surface area contributed by atoms with E-state index in [1.165, 1.54) is 6.92 Å². The van der Waals surface area contributed by atoms with Crippen LogP contribution in [0.5, 0.6) is 0 Å². The van der Waals surface area contributed by atoms with Crippen molar-refractivity contribution in [3.8, 4) is 0 Å². The van der Waals surface area contributed by atoms with Crippen molar-refractivity contribution in [1.29, 1.82) is 0 Å². The van der Waals surface area contributed by atoms with Crippen LogP contribution in [0.15, 0.2) is 12.2 Å². The zero-order valence-electron chi connectivity index (χ0n) is 13.9. The Kier molecular flexibility index (Phi) is 3.61. The normalized spacial score (nSPS) is 51.7. The summed E-state index contributed by atoms with van der Waals surface area (Å²) in [6.07, 6.45) is 2.44. The fraction of sp³-hybridized carbons (Fsp3) is 0.765. The molecule has 8 unspecified atom stereocenters. The van der Waals surface area contributed by atoms with Gasteiger partial charge in [0.05, 0.1) is 17.1 Å². The Morgan fingerprint density at radius 3 is 2.65 bits per heavy atom. The molecule has 0 amide bonds. The second-order valence-corrected chi connectivity index (χ2v) is 7.61. The minimum atomic E-state index is -1.19. The quantitative estimate of drug-likeness (QED) is 0.547. The SMILES string of the molecule is CC(=O)OC1CC(C)(O)C2C=CC(C)(O)C2C2OC(=O)C(C)C12. The Labute approximate surface area is 135 Å². The van der Waals surface area contributed by atoms with Gasteiger partial charge in [0.2, 0.25) is 0 Å². The molecule has 1 saturated carbocycles. The van der Waals surface area contributed by atoms with E-state index in [0.717, 1.165) is 0 Å². The summed E-state index contributed by atoms with van der Waals surface area (Å²) in [7, 11) is 0. The third-order valence-corrected chi connectivity index (χ3v) is 5.72. The van der Waals surface area contributed by atoms with Crippen LogP contribution in [-0.4, -0.2) is 45.6 Å². The van der Waals surface area contributed by atoms with E-state index in [0.29, 0.717) is 0 Å². The number of ether oxygens (including phenoxy) is 2. The van der Waals surface area contributed by atoms with Gasteiger partial charge < -0.3 is 19.7 Å². The molecule has 0 aromatic rings. The summed E-state index contributed by atoms with van der Waals surface area (Å²) in [5.74, 6) is -2.46. The zero-order valence-corrected chi connectivity index (χ0v) is 13.9. The zero-order chi connectivity index (χ0) is 17.2. The summed E-state index contributed by atoms with van der Waals surface area (Å²) in [5, 5.41) is 21.7. The van der Waals surface area contributed by atoms with Crippen molar-refractivity contribution in [3.05, 3.63) is 12.2 Å². The second-order valence-electron chi connectivity index (χ2n) is 7.61. The molecule has 0 aromatic carbocycles. The lowest BCUT2D eigenvalue weighted by molar-refractivity contribution is -0.154. The van der Waals surface area contributed by atoms with Crippen LogP contribution in [0.2, 0.25) is 0 Å². The highest BCUT2D eigenvalue weighted by Crippen LogP contribution is 2.53. The number of esters is 2. The maximum atomic E-state index is 12.1. The van der Waals surface area contributed by atoms with Gasteiger partial charge in [-0.3, -0.25) is 9.59 Å². The van der Waals surface area contributed by atoms with Crippen molar-refractivity contribution in [2.24, 2.45) is 23.7 Å². The van der Waals surface area contributed by atoms with Gasteiger partial charge in [0, 0.05) is 31.1 Å². The topological polar surface area (TPSA) is 93.1 Å². The molecule has 2 fully saturated rings. The van der Waals surface area contributed by atoms with Gasteiger partial charge in [-0.25, -0.2) is 0 Å². The molecule has 6 heteroatoms. The van der Waals surface area contributed by atoms with Gasteiger partial charge in [0.25, 0.3) is 0 Å². The number of rotatable bonds is 1. The fourth-order valence-corrected chi connectivity index (χ4v) is 4.64. The van der Waals surface area contributed by atoms with Crippen LogP contribution in [0.1, 0.15) is 34.1 Å². The molecule has 0 radical (unpaired) electrons. The molecule has 1 heterocycles. The molecule has 128 valence electrons. The molecule has 3 rings (SSSR count). The molecular weight excluding hydrogens is 300 g/mol. The Morgan fingerprint density at radius 2 is 2.04 bits per heavy atom. The summed E-state index contributed by atoms with van der Waals surface area (Å²) < 4.78 is 11.0. The van der Waals surface area contributed by atoms with Crippen LogP contribution in [0.25, 0.3) is 0 Å². The van der Waals surface area contributed by atoms with Gasteiger partial charge in [0.15, 0.2) is 0 Å². The maximum absolute atomic E-state index is 12.1. The first-order chi connectivity index (χ1) is 10.5. The summed E-state index contributed by atoms with van der Waals surface area (Å²) >= 11 is 0. The molecular formula is C17H24O6. The summed E-state index contributed by atoms with van der Waals surface area (Å²) in [5.41, 5.74) is -2.36. The first-order valence-corrected chi connectivity index (χ1v) is 8.06. The third kappa shape index (κ3) is 2.48. The number of fused-ring (bicyclic) bond motifs is 3. The van der Waals surface area contributed by atoms with Gasteiger partial charge in [-0.15, -0.1) is 0 Å². The molecule has 2 N–H and O–H groups in total. The van der Waals surface area contributed by atoms with E-state index < -0.39 is 41.2 Å². The van der Waals surface area contributed by atoms with E-state index in [2.05, 4.69) is 0 Å². The Bertz CT molecular complexity index is 563. The largest absolute Gasteiger partial charge is 0.462 e. The number of carbonyl (C=O) groups excluding carboxylic acids is 2. The molecule has 1 saturated heterocycles. The standard InChI is InChI=1S/C17H24O6/c1-8-12-11(22-9(2)18)7-17(4,21)10-5-6-16(3,20)13(10)14(12)23-15(8)19/h5-6,8,10-14,20-21H,7H2,1-4H3. The highest BCUT2D eigenvalue weighted by atomic mass is 16.6. The molecule has 8 atom stereocenters. The van der Waals surface area contributed by atoms with Gasteiger partial charge in [-0.05, 0) is 13.8 Å². The predicted octanol–water partition coefficient (Wildman–Crippen LogP) is 0.804. The average Bonchev–Trinajstić information content (AvgIpc) is 2.82. The van der Waals surface area contributed by atoms with E-state index in [-0.39, 0.29) is 24.2 Å². The number of carbonyl (C=O) groups is 2. The van der Waals surface area contributed by atoms with Crippen LogP contribution < -0.4 is 0 Å². The van der Waals surface area contributed by atoms with Gasteiger partial charge in [-0.2, -0.15) is 0 Å². The highest BCUT2D eigenvalue weighted by Gasteiger charge is 2.63. The van der Waals surface area contributed by atoms with Gasteiger partial charge in [0.1, 0.15) is 12.2 Å². The number of hydrogen-bond donors (Lipinski definition) is 2. The van der Waals surface area contributed by atoms with E-state index in [4.69, 9.17) is 9.47 Å². The smallest absolute Gasteiger partial charge is 0.309 e. The van der Waals surface area contributed by atoms with Crippen LogP contribution in [-0.2, 0) is 19.1 Å². The predicted molar refractivity (Wildman–Crippen MR) is 80.1 cm³/mol. The van der Waals surface area contributed by atoms with Crippen molar-refractivity contribution in [2.75, 3.05) is 0 Å². The van der Waals surface area contributed by atoms with Gasteiger partial charge >= 0.3 is 11.9 Å². The summed E-state index contributed by atoms with van der Waals surface area (Å²) in [4.78, 5) is 23.6. The molecule has 0 spiro atoms. The Balaban J connectivity index is 2.07. The Morgan fingerprint density at radius 1 is 1.39 bits per heavy atom. The van der Waals surface area contributed by atoms with Crippen LogP contribution in [0.3, 0.4) is 0 Å².